The van der Waals surface area contributed by atoms with Crippen LogP contribution in [0.4, 0.5) is 0 Å². The van der Waals surface area contributed by atoms with Gasteiger partial charge in [0.25, 0.3) is 0 Å². The van der Waals surface area contributed by atoms with E-state index in [9.17, 15) is 0 Å². The molecular weight excluding hydrogens is 232 g/mol. The molecule has 17 heavy (non-hydrogen) atoms. The number of hydrogen-bond acceptors (Lipinski definition) is 2. The summed E-state index contributed by atoms with van der Waals surface area (Å²) in [5.41, 5.74) is 1.32. The zero-order valence-corrected chi connectivity index (χ0v) is 10.7. The number of fused-ring (bicyclic) bond motifs is 1. The minimum atomic E-state index is 0.838. The molecule has 3 rings (SSSR count). The van der Waals surface area contributed by atoms with Crippen LogP contribution < -0.4 is 10.6 Å². The monoisotopic (exact) mass is 250 g/mol. The van der Waals surface area contributed by atoms with E-state index in [0.29, 0.717) is 0 Å². The molecule has 1 aromatic carbocycles. The van der Waals surface area contributed by atoms with Crippen LogP contribution in [-0.2, 0) is 6.42 Å². The average molecular weight is 251 g/mol. The molecule has 2 unspecified atom stereocenters. The fourth-order valence-electron chi connectivity index (χ4n) is 3.04. The molecule has 1 heterocycles. The van der Waals surface area contributed by atoms with Gasteiger partial charge in [-0.1, -0.05) is 23.7 Å². The maximum absolute atomic E-state index is 5.96. The minimum absolute atomic E-state index is 0.838. The lowest BCUT2D eigenvalue weighted by Crippen LogP contribution is -2.24. The second-order valence-corrected chi connectivity index (χ2v) is 5.67. The van der Waals surface area contributed by atoms with Crippen LogP contribution in [0.15, 0.2) is 24.3 Å². The SMILES string of the molecule is Clc1cccc(CCNCC2C3CNCC23)c1. The quantitative estimate of drug-likeness (QED) is 0.781. The fourth-order valence-corrected chi connectivity index (χ4v) is 3.26. The Labute approximate surface area is 108 Å². The molecule has 2 fully saturated rings. The highest BCUT2D eigenvalue weighted by atomic mass is 35.5. The van der Waals surface area contributed by atoms with Crippen LogP contribution in [0, 0.1) is 17.8 Å². The number of halogens is 1. The third-order valence-electron chi connectivity index (χ3n) is 4.13. The van der Waals surface area contributed by atoms with E-state index in [0.717, 1.165) is 35.7 Å². The molecule has 0 radical (unpaired) electrons. The predicted octanol–water partition coefficient (Wildman–Crippen LogP) is 1.94. The van der Waals surface area contributed by atoms with Crippen LogP contribution in [0.3, 0.4) is 0 Å². The second kappa shape index (κ2) is 4.97. The molecule has 3 heteroatoms. The van der Waals surface area contributed by atoms with Gasteiger partial charge in [-0.3, -0.25) is 0 Å². The van der Waals surface area contributed by atoms with Crippen LogP contribution in [0.2, 0.25) is 5.02 Å². The van der Waals surface area contributed by atoms with Crippen molar-refractivity contribution in [2.24, 2.45) is 17.8 Å². The summed E-state index contributed by atoms with van der Waals surface area (Å²) in [7, 11) is 0. The zero-order chi connectivity index (χ0) is 11.7. The highest BCUT2D eigenvalue weighted by molar-refractivity contribution is 6.30. The molecule has 2 aliphatic rings. The molecule has 1 aromatic rings. The van der Waals surface area contributed by atoms with E-state index in [4.69, 9.17) is 11.6 Å². The molecule has 0 spiro atoms. The first-order valence-corrected chi connectivity index (χ1v) is 6.88. The topological polar surface area (TPSA) is 24.1 Å². The Morgan fingerprint density at radius 3 is 2.88 bits per heavy atom. The first kappa shape index (κ1) is 11.5. The number of hydrogen-bond donors (Lipinski definition) is 2. The zero-order valence-electron chi connectivity index (χ0n) is 9.95. The highest BCUT2D eigenvalue weighted by Crippen LogP contribution is 2.47. The van der Waals surface area contributed by atoms with Gasteiger partial charge in [-0.05, 0) is 68.0 Å². The molecule has 0 amide bonds. The van der Waals surface area contributed by atoms with E-state index < -0.39 is 0 Å². The molecule has 1 saturated carbocycles. The summed E-state index contributed by atoms with van der Waals surface area (Å²) in [4.78, 5) is 0. The van der Waals surface area contributed by atoms with Crippen molar-refractivity contribution in [1.29, 1.82) is 0 Å². The summed E-state index contributed by atoms with van der Waals surface area (Å²) < 4.78 is 0. The van der Waals surface area contributed by atoms with Crippen molar-refractivity contribution in [3.63, 3.8) is 0 Å². The summed E-state index contributed by atoms with van der Waals surface area (Å²) in [5, 5.41) is 7.84. The van der Waals surface area contributed by atoms with E-state index in [-0.39, 0.29) is 0 Å². The molecule has 1 aliphatic heterocycles. The molecule has 0 bridgehead atoms. The standard InChI is InChI=1S/C14H19ClN2/c15-11-3-1-2-10(6-11)4-5-16-7-12-13-8-17-9-14(12)13/h1-3,6,12-14,16-17H,4-5,7-9H2. The van der Waals surface area contributed by atoms with Gasteiger partial charge >= 0.3 is 0 Å². The van der Waals surface area contributed by atoms with Gasteiger partial charge in [0.05, 0.1) is 0 Å². The maximum atomic E-state index is 5.96. The van der Waals surface area contributed by atoms with Crippen molar-refractivity contribution in [3.05, 3.63) is 34.9 Å². The summed E-state index contributed by atoms with van der Waals surface area (Å²) in [6.07, 6.45) is 1.07. The van der Waals surface area contributed by atoms with Crippen LogP contribution in [-0.4, -0.2) is 26.2 Å². The predicted molar refractivity (Wildman–Crippen MR) is 71.4 cm³/mol. The largest absolute Gasteiger partial charge is 0.316 e. The summed E-state index contributed by atoms with van der Waals surface area (Å²) in [5.74, 6) is 2.87. The number of rotatable bonds is 5. The maximum Gasteiger partial charge on any atom is 0.0408 e. The van der Waals surface area contributed by atoms with Crippen molar-refractivity contribution < 1.29 is 0 Å². The van der Waals surface area contributed by atoms with Crippen molar-refractivity contribution in [2.75, 3.05) is 26.2 Å². The Kier molecular flexibility index (Phi) is 3.37. The van der Waals surface area contributed by atoms with Gasteiger partial charge in [0.15, 0.2) is 0 Å². The van der Waals surface area contributed by atoms with E-state index in [1.54, 1.807) is 0 Å². The molecule has 2 atom stereocenters. The van der Waals surface area contributed by atoms with Crippen LogP contribution in [0.1, 0.15) is 5.56 Å². The lowest BCUT2D eigenvalue weighted by molar-refractivity contribution is 0.541. The molecule has 1 aliphatic carbocycles. The Hall–Kier alpha value is -0.570. The lowest BCUT2D eigenvalue weighted by Gasteiger charge is -2.07. The Balaban J connectivity index is 1.36. The van der Waals surface area contributed by atoms with Crippen LogP contribution in [0.25, 0.3) is 0 Å². The summed E-state index contributed by atoms with van der Waals surface area (Å²) in [6, 6.07) is 8.15. The van der Waals surface area contributed by atoms with Crippen molar-refractivity contribution >= 4 is 11.6 Å². The number of piperidine rings is 1. The van der Waals surface area contributed by atoms with Crippen LogP contribution >= 0.6 is 11.6 Å². The molecular formula is C14H19ClN2. The molecule has 1 saturated heterocycles. The average Bonchev–Trinajstić information content (AvgIpc) is 2.76. The summed E-state index contributed by atoms with van der Waals surface area (Å²) in [6.45, 7) is 4.73. The van der Waals surface area contributed by atoms with E-state index >= 15 is 0 Å². The third-order valence-corrected chi connectivity index (χ3v) is 4.36. The Morgan fingerprint density at radius 1 is 1.29 bits per heavy atom. The van der Waals surface area contributed by atoms with E-state index in [2.05, 4.69) is 22.8 Å². The third kappa shape index (κ3) is 2.65. The van der Waals surface area contributed by atoms with Gasteiger partial charge in [0, 0.05) is 5.02 Å². The van der Waals surface area contributed by atoms with Crippen molar-refractivity contribution in [3.8, 4) is 0 Å². The minimum Gasteiger partial charge on any atom is -0.316 e. The van der Waals surface area contributed by atoms with Gasteiger partial charge in [0.2, 0.25) is 0 Å². The van der Waals surface area contributed by atoms with Crippen molar-refractivity contribution in [1.82, 2.24) is 10.6 Å². The van der Waals surface area contributed by atoms with Gasteiger partial charge < -0.3 is 10.6 Å². The second-order valence-electron chi connectivity index (χ2n) is 5.23. The first-order chi connectivity index (χ1) is 8.34. The first-order valence-electron chi connectivity index (χ1n) is 6.50. The summed E-state index contributed by atoms with van der Waals surface area (Å²) >= 11 is 5.96. The van der Waals surface area contributed by atoms with Gasteiger partial charge in [-0.25, -0.2) is 0 Å². The molecule has 92 valence electrons. The van der Waals surface area contributed by atoms with E-state index in [1.807, 2.05) is 12.1 Å². The lowest BCUT2D eigenvalue weighted by atomic mass is 10.1. The highest BCUT2D eigenvalue weighted by Gasteiger charge is 2.51. The normalized spacial score (nSPS) is 30.3. The van der Waals surface area contributed by atoms with Crippen LogP contribution in [0.5, 0.6) is 0 Å². The Morgan fingerprint density at radius 2 is 2.12 bits per heavy atom. The molecule has 2 nitrogen and oxygen atoms in total. The van der Waals surface area contributed by atoms with Gasteiger partial charge in [-0.2, -0.15) is 0 Å². The smallest absolute Gasteiger partial charge is 0.0408 e. The molecule has 0 aromatic heterocycles. The van der Waals surface area contributed by atoms with Gasteiger partial charge in [0.1, 0.15) is 0 Å². The van der Waals surface area contributed by atoms with Gasteiger partial charge in [-0.15, -0.1) is 0 Å². The molecule has 2 N–H and O–H groups in total. The number of benzene rings is 1. The fraction of sp³-hybridized carbons (Fsp3) is 0.571. The van der Waals surface area contributed by atoms with Crippen molar-refractivity contribution in [2.45, 2.75) is 6.42 Å². The van der Waals surface area contributed by atoms with E-state index in [1.165, 1.54) is 25.2 Å². The Bertz CT molecular complexity index is 384. The number of nitrogens with one attached hydrogen (secondary N) is 2.